The zero-order valence-corrected chi connectivity index (χ0v) is 26.5. The predicted molar refractivity (Wildman–Crippen MR) is 136 cm³/mol. The Kier molecular flexibility index (Phi) is 13.4. The van der Waals surface area contributed by atoms with Gasteiger partial charge in [0.15, 0.2) is 12.1 Å². The van der Waals surface area contributed by atoms with Crippen molar-refractivity contribution in [3.05, 3.63) is 37.4 Å². The first-order chi connectivity index (χ1) is 18.1. The number of imidazole rings is 2. The molecule has 2 aromatic rings. The van der Waals surface area contributed by atoms with Gasteiger partial charge in [-0.3, -0.25) is 9.98 Å². The van der Waals surface area contributed by atoms with Crippen molar-refractivity contribution in [1.82, 2.24) is 9.13 Å². The molecule has 257 valence electrons. The minimum atomic E-state index is -10.7. The van der Waals surface area contributed by atoms with Crippen molar-refractivity contribution in [2.24, 2.45) is 24.1 Å². The maximum absolute atomic E-state index is 10.7. The number of aryl methyl sites for hydroxylation is 2. The van der Waals surface area contributed by atoms with Gasteiger partial charge in [-0.2, -0.15) is 0 Å². The van der Waals surface area contributed by atoms with Gasteiger partial charge in [-0.05, 0) is 27.7 Å². The minimum Gasteiger partial charge on any atom is 0 e. The number of aliphatic hydroxyl groups is 2. The second kappa shape index (κ2) is 13.3. The van der Waals surface area contributed by atoms with Crippen molar-refractivity contribution >= 4 is 27.0 Å². The van der Waals surface area contributed by atoms with Crippen LogP contribution in [0.1, 0.15) is 39.8 Å². The second-order valence-corrected chi connectivity index (χ2v) is 13.2. The summed E-state index contributed by atoms with van der Waals surface area (Å²) in [5, 5.41) is 20.4. The summed E-state index contributed by atoms with van der Waals surface area (Å²) in [6.45, 7) is 8.49. The molecule has 0 amide bonds. The first kappa shape index (κ1) is 43.3. The topological polar surface area (TPSA) is 82.8 Å². The number of halogens is 12. The van der Waals surface area contributed by atoms with Gasteiger partial charge in [-0.25, -0.2) is 18.3 Å². The number of hydrogen-bond donors (Lipinski definition) is 2. The Hall–Kier alpha value is -1.78. The van der Waals surface area contributed by atoms with Gasteiger partial charge in [0.1, 0.15) is 24.8 Å². The standard InChI is InChI=1S/C20H34N6O2.2F6P.Mn/c1-15(19(17(3)27)25-11-9-23(5)13-25)21-7-8-22-16(2)20(18(4)28)26-12-10-24(6)14-26;2*1-7(2,3,4,5)6;/h9-14,17-20,27-28H,7-8H2,1-6H3;;;/q+2;2*-1;. The molecule has 0 aliphatic carbocycles. The van der Waals surface area contributed by atoms with Crippen molar-refractivity contribution in [2.75, 3.05) is 13.1 Å². The summed E-state index contributed by atoms with van der Waals surface area (Å²) in [6.07, 6.45) is 10.5. The first-order valence-corrected chi connectivity index (χ1v) is 15.7. The Labute approximate surface area is 249 Å². The van der Waals surface area contributed by atoms with E-state index in [1.807, 2.05) is 83.7 Å². The molecule has 4 atom stereocenters. The summed E-state index contributed by atoms with van der Waals surface area (Å²) in [5.74, 6) is 0. The molecule has 0 saturated carbocycles. The molecule has 0 aromatic carbocycles. The fourth-order valence-electron chi connectivity index (χ4n) is 3.54. The third-order valence-corrected chi connectivity index (χ3v) is 4.81. The van der Waals surface area contributed by atoms with Gasteiger partial charge in [0.2, 0.25) is 12.7 Å². The van der Waals surface area contributed by atoms with Gasteiger partial charge >= 0.3 is 66.0 Å². The number of nitrogens with zero attached hydrogens (tertiary/aromatic N) is 6. The van der Waals surface area contributed by atoms with Crippen LogP contribution in [-0.2, 0) is 31.2 Å². The van der Waals surface area contributed by atoms with Crippen LogP contribution >= 0.6 is 15.6 Å². The molecule has 4 unspecified atom stereocenters. The van der Waals surface area contributed by atoms with Gasteiger partial charge in [0.05, 0.1) is 50.8 Å². The summed E-state index contributed by atoms with van der Waals surface area (Å²) >= 11 is 0. The van der Waals surface area contributed by atoms with Crippen LogP contribution in [0.3, 0.4) is 0 Å². The van der Waals surface area contributed by atoms with E-state index in [0.717, 1.165) is 11.4 Å². The van der Waals surface area contributed by atoms with Crippen molar-refractivity contribution in [3.8, 4) is 0 Å². The van der Waals surface area contributed by atoms with Crippen LogP contribution in [0.4, 0.5) is 50.4 Å². The van der Waals surface area contributed by atoms with E-state index >= 15 is 0 Å². The summed E-state index contributed by atoms with van der Waals surface area (Å²) in [4.78, 5) is 9.26. The van der Waals surface area contributed by atoms with Crippen LogP contribution in [-0.4, -0.2) is 56.1 Å². The summed E-state index contributed by atoms with van der Waals surface area (Å²) in [7, 11) is -17.4. The van der Waals surface area contributed by atoms with E-state index in [1.54, 1.807) is 13.8 Å². The molecule has 0 spiro atoms. The largest absolute Gasteiger partial charge is 0 e. The summed E-state index contributed by atoms with van der Waals surface area (Å²) < 4.78 is 126. The molecule has 8 nitrogen and oxygen atoms in total. The third-order valence-electron chi connectivity index (χ3n) is 4.81. The van der Waals surface area contributed by atoms with E-state index in [0.29, 0.717) is 13.1 Å². The molecular formula is C20H34F12MnN6O2P2. The van der Waals surface area contributed by atoms with Crippen molar-refractivity contribution in [2.45, 2.75) is 52.0 Å². The Morgan fingerprint density at radius 1 is 0.651 bits per heavy atom. The van der Waals surface area contributed by atoms with Gasteiger partial charge in [-0.1, -0.05) is 0 Å². The van der Waals surface area contributed by atoms with E-state index in [-0.39, 0.29) is 29.2 Å². The Bertz CT molecular complexity index is 1130. The van der Waals surface area contributed by atoms with Gasteiger partial charge in [0.25, 0.3) is 0 Å². The molecule has 2 rings (SSSR count). The Balaban J connectivity index is 0. The van der Waals surface area contributed by atoms with E-state index in [4.69, 9.17) is 0 Å². The van der Waals surface area contributed by atoms with E-state index in [9.17, 15) is 60.6 Å². The van der Waals surface area contributed by atoms with Crippen LogP contribution in [0.5, 0.6) is 0 Å². The number of hydrogen-bond acceptors (Lipinski definition) is 4. The van der Waals surface area contributed by atoms with Crippen LogP contribution in [0.2, 0.25) is 0 Å². The molecule has 2 aromatic heterocycles. The minimum absolute atomic E-state index is 0. The van der Waals surface area contributed by atoms with Gasteiger partial charge < -0.3 is 10.2 Å². The maximum Gasteiger partial charge on any atom is 0 e. The van der Waals surface area contributed by atoms with E-state index in [2.05, 4.69) is 9.98 Å². The molecular weight excluding hydrogens is 701 g/mol. The van der Waals surface area contributed by atoms with Crippen LogP contribution in [0.25, 0.3) is 0 Å². The molecule has 2 N–H and O–H groups in total. The third kappa shape index (κ3) is 26.3. The average Bonchev–Trinajstić information content (AvgIpc) is 3.28. The van der Waals surface area contributed by atoms with Crippen LogP contribution < -0.4 is 9.13 Å². The molecule has 0 fully saturated rings. The average molecular weight is 735 g/mol. The smallest absolute Gasteiger partial charge is 0 e. The molecule has 0 saturated heterocycles. The molecule has 0 aliphatic heterocycles. The fraction of sp³-hybridized carbons (Fsp3) is 0.600. The number of rotatable bonds is 9. The van der Waals surface area contributed by atoms with Crippen LogP contribution in [0.15, 0.2) is 47.4 Å². The van der Waals surface area contributed by atoms with Crippen molar-refractivity contribution < 1.29 is 86.8 Å². The quantitative estimate of drug-likeness (QED) is 0.0716. The molecule has 1 radical (unpaired) electrons. The zero-order chi connectivity index (χ0) is 33.7. The number of aromatic nitrogens is 4. The Morgan fingerprint density at radius 3 is 1.05 bits per heavy atom. The Morgan fingerprint density at radius 2 is 0.884 bits per heavy atom. The van der Waals surface area contributed by atoms with Crippen molar-refractivity contribution in [3.63, 3.8) is 0 Å². The van der Waals surface area contributed by atoms with Gasteiger partial charge in [-0.15, -0.1) is 0 Å². The first-order valence-electron chi connectivity index (χ1n) is 11.7. The van der Waals surface area contributed by atoms with Gasteiger partial charge in [0, 0.05) is 17.1 Å². The van der Waals surface area contributed by atoms with Crippen molar-refractivity contribution in [1.29, 1.82) is 0 Å². The number of aliphatic imine (C=N–C) groups is 2. The molecule has 0 bridgehead atoms. The maximum atomic E-state index is 10.2. The predicted octanol–water partition coefficient (Wildman–Crippen LogP) is 7.17. The number of aliphatic hydroxyl groups excluding tert-OH is 2. The van der Waals surface area contributed by atoms with Crippen LogP contribution in [0, 0.1) is 0 Å². The zero-order valence-electron chi connectivity index (χ0n) is 23.6. The molecule has 2 heterocycles. The van der Waals surface area contributed by atoms with E-state index in [1.165, 1.54) is 0 Å². The molecule has 0 aliphatic rings. The molecule has 23 heteroatoms. The second-order valence-electron chi connectivity index (χ2n) is 9.39. The summed E-state index contributed by atoms with van der Waals surface area (Å²) in [6, 6.07) is -0.396. The van der Waals surface area contributed by atoms with E-state index < -0.39 is 27.8 Å². The fourth-order valence-corrected chi connectivity index (χ4v) is 3.54. The monoisotopic (exact) mass is 735 g/mol. The molecule has 43 heavy (non-hydrogen) atoms. The SMILES string of the molecule is CC(=NCCN=C(C)C(C(C)O)n1cc[n+](C)c1)C(C(C)O)n1cc[n+](C)c1.F[P-](F)(F)(F)(F)F.F[P-](F)(F)(F)(F)F.[Mn]. The summed E-state index contributed by atoms with van der Waals surface area (Å²) in [5.41, 5.74) is 1.73. The normalized spacial score (nSPS) is 18.9.